The minimum Gasteiger partial charge on any atom is -0.368 e. The summed E-state index contributed by atoms with van der Waals surface area (Å²) < 4.78 is 1.96. The van der Waals surface area contributed by atoms with Crippen molar-refractivity contribution >= 4 is 17.7 Å². The quantitative estimate of drug-likeness (QED) is 0.725. The summed E-state index contributed by atoms with van der Waals surface area (Å²) in [6.07, 6.45) is 0. The molecule has 1 amide bonds. The third-order valence-corrected chi connectivity index (χ3v) is 4.95. The SMILES string of the molecule is Cc1ccccc1-n1c(C)nnc1SC(C(N)=O)c1ccccc1. The molecule has 1 aromatic heterocycles. The number of carbonyl (C=O) groups is 1. The number of nitrogens with two attached hydrogens (primary N) is 1. The molecule has 6 heteroatoms. The Labute approximate surface area is 144 Å². The number of benzene rings is 2. The summed E-state index contributed by atoms with van der Waals surface area (Å²) in [6, 6.07) is 17.5. The Kier molecular flexibility index (Phi) is 4.66. The number of primary amides is 1. The van der Waals surface area contributed by atoms with Crippen molar-refractivity contribution in [3.05, 3.63) is 71.5 Å². The van der Waals surface area contributed by atoms with E-state index in [0.29, 0.717) is 5.16 Å². The van der Waals surface area contributed by atoms with Gasteiger partial charge in [-0.15, -0.1) is 10.2 Å². The predicted octanol–water partition coefficient (Wildman–Crippen LogP) is 3.20. The Morgan fingerprint density at radius 2 is 1.71 bits per heavy atom. The molecule has 0 radical (unpaired) electrons. The van der Waals surface area contributed by atoms with Gasteiger partial charge in [0.1, 0.15) is 11.1 Å². The molecule has 24 heavy (non-hydrogen) atoms. The topological polar surface area (TPSA) is 73.8 Å². The van der Waals surface area contributed by atoms with E-state index in [1.165, 1.54) is 11.8 Å². The van der Waals surface area contributed by atoms with Gasteiger partial charge in [-0.2, -0.15) is 0 Å². The number of thioether (sulfide) groups is 1. The molecule has 1 unspecified atom stereocenters. The Bertz CT molecular complexity index is 860. The number of hydrogen-bond donors (Lipinski definition) is 1. The summed E-state index contributed by atoms with van der Waals surface area (Å²) in [6.45, 7) is 3.93. The molecule has 0 fully saturated rings. The van der Waals surface area contributed by atoms with E-state index in [2.05, 4.69) is 10.2 Å². The number of carbonyl (C=O) groups excluding carboxylic acids is 1. The number of para-hydroxylation sites is 1. The number of nitrogens with zero attached hydrogens (tertiary/aromatic N) is 3. The lowest BCUT2D eigenvalue weighted by molar-refractivity contribution is -0.117. The zero-order chi connectivity index (χ0) is 17.1. The highest BCUT2D eigenvalue weighted by molar-refractivity contribution is 8.00. The monoisotopic (exact) mass is 338 g/mol. The molecule has 3 aromatic rings. The zero-order valence-electron chi connectivity index (χ0n) is 13.5. The fraction of sp³-hybridized carbons (Fsp3) is 0.167. The van der Waals surface area contributed by atoms with Crippen LogP contribution in [0, 0.1) is 13.8 Å². The molecular formula is C18H18N4OS. The van der Waals surface area contributed by atoms with Crippen LogP contribution < -0.4 is 5.73 Å². The Morgan fingerprint density at radius 3 is 2.38 bits per heavy atom. The highest BCUT2D eigenvalue weighted by Crippen LogP contribution is 2.35. The molecule has 0 saturated carbocycles. The van der Waals surface area contributed by atoms with Crippen molar-refractivity contribution in [1.29, 1.82) is 0 Å². The average Bonchev–Trinajstić information content (AvgIpc) is 2.94. The van der Waals surface area contributed by atoms with Crippen molar-refractivity contribution in [2.75, 3.05) is 0 Å². The van der Waals surface area contributed by atoms with Gasteiger partial charge in [-0.3, -0.25) is 9.36 Å². The molecule has 1 heterocycles. The molecule has 3 rings (SSSR count). The largest absolute Gasteiger partial charge is 0.368 e. The first-order valence-electron chi connectivity index (χ1n) is 7.57. The maximum Gasteiger partial charge on any atom is 0.235 e. The van der Waals surface area contributed by atoms with Gasteiger partial charge in [0.05, 0.1) is 5.69 Å². The molecular weight excluding hydrogens is 320 g/mol. The van der Waals surface area contributed by atoms with Gasteiger partial charge in [-0.25, -0.2) is 0 Å². The number of hydrogen-bond acceptors (Lipinski definition) is 4. The lowest BCUT2D eigenvalue weighted by Gasteiger charge is -2.15. The van der Waals surface area contributed by atoms with Crippen LogP contribution in [0.4, 0.5) is 0 Å². The molecule has 0 aliphatic rings. The molecule has 0 saturated heterocycles. The van der Waals surface area contributed by atoms with E-state index >= 15 is 0 Å². The van der Waals surface area contributed by atoms with Gasteiger partial charge in [0, 0.05) is 0 Å². The van der Waals surface area contributed by atoms with Crippen LogP contribution >= 0.6 is 11.8 Å². The van der Waals surface area contributed by atoms with Crippen LogP contribution in [0.5, 0.6) is 0 Å². The molecule has 122 valence electrons. The smallest absolute Gasteiger partial charge is 0.235 e. The molecule has 2 N–H and O–H groups in total. The van der Waals surface area contributed by atoms with Gasteiger partial charge in [-0.05, 0) is 31.0 Å². The van der Waals surface area contributed by atoms with Crippen molar-refractivity contribution < 1.29 is 4.79 Å². The third kappa shape index (κ3) is 3.19. The highest BCUT2D eigenvalue weighted by atomic mass is 32.2. The van der Waals surface area contributed by atoms with Crippen LogP contribution in [0.3, 0.4) is 0 Å². The van der Waals surface area contributed by atoms with Gasteiger partial charge in [0.15, 0.2) is 5.16 Å². The van der Waals surface area contributed by atoms with Gasteiger partial charge in [0.2, 0.25) is 5.91 Å². The van der Waals surface area contributed by atoms with Gasteiger partial charge < -0.3 is 5.73 Å². The lowest BCUT2D eigenvalue weighted by atomic mass is 10.1. The first-order valence-corrected chi connectivity index (χ1v) is 8.45. The minimum atomic E-state index is -0.516. The number of aryl methyl sites for hydroxylation is 2. The van der Waals surface area contributed by atoms with Crippen LogP contribution in [0.2, 0.25) is 0 Å². The van der Waals surface area contributed by atoms with Crippen LogP contribution in [-0.2, 0) is 4.79 Å². The zero-order valence-corrected chi connectivity index (χ0v) is 14.3. The fourth-order valence-electron chi connectivity index (χ4n) is 2.53. The second-order valence-electron chi connectivity index (χ2n) is 5.46. The summed E-state index contributed by atoms with van der Waals surface area (Å²) in [7, 11) is 0. The van der Waals surface area contributed by atoms with Crippen LogP contribution in [0.25, 0.3) is 5.69 Å². The van der Waals surface area contributed by atoms with Gasteiger partial charge >= 0.3 is 0 Å². The second-order valence-corrected chi connectivity index (χ2v) is 6.53. The van der Waals surface area contributed by atoms with E-state index < -0.39 is 11.2 Å². The molecule has 1 atom stereocenters. The van der Waals surface area contributed by atoms with E-state index in [-0.39, 0.29) is 0 Å². The maximum atomic E-state index is 12.0. The number of rotatable bonds is 5. The van der Waals surface area contributed by atoms with E-state index in [1.807, 2.05) is 73.0 Å². The molecule has 0 bridgehead atoms. The Morgan fingerprint density at radius 1 is 1.04 bits per heavy atom. The van der Waals surface area contributed by atoms with Crippen LogP contribution in [0.15, 0.2) is 59.8 Å². The molecule has 0 aliphatic heterocycles. The van der Waals surface area contributed by atoms with Crippen LogP contribution in [-0.4, -0.2) is 20.7 Å². The summed E-state index contributed by atoms with van der Waals surface area (Å²) in [5, 5.41) is 8.56. The normalized spacial score (nSPS) is 12.1. The molecule has 0 spiro atoms. The first kappa shape index (κ1) is 16.3. The van der Waals surface area contributed by atoms with Crippen molar-refractivity contribution in [3.8, 4) is 5.69 Å². The van der Waals surface area contributed by atoms with Crippen LogP contribution in [0.1, 0.15) is 22.2 Å². The standard InChI is InChI=1S/C18H18N4OS/c1-12-8-6-7-11-15(12)22-13(2)20-21-18(22)24-16(17(19)23)14-9-4-3-5-10-14/h3-11,16H,1-2H3,(H2,19,23). The first-order chi connectivity index (χ1) is 11.6. The van der Waals surface area contributed by atoms with Crippen molar-refractivity contribution in [2.24, 2.45) is 5.73 Å². The third-order valence-electron chi connectivity index (χ3n) is 3.74. The summed E-state index contributed by atoms with van der Waals surface area (Å²) in [5.41, 5.74) is 8.59. The molecule has 5 nitrogen and oxygen atoms in total. The van der Waals surface area contributed by atoms with Crippen molar-refractivity contribution in [3.63, 3.8) is 0 Å². The van der Waals surface area contributed by atoms with E-state index in [9.17, 15) is 4.79 Å². The summed E-state index contributed by atoms with van der Waals surface area (Å²) in [4.78, 5) is 12.0. The van der Waals surface area contributed by atoms with Crippen molar-refractivity contribution in [1.82, 2.24) is 14.8 Å². The Balaban J connectivity index is 2.02. The minimum absolute atomic E-state index is 0.400. The van der Waals surface area contributed by atoms with E-state index in [1.54, 1.807) is 0 Å². The number of aromatic nitrogens is 3. The molecule has 0 aliphatic carbocycles. The summed E-state index contributed by atoms with van der Waals surface area (Å²) >= 11 is 1.32. The fourth-order valence-corrected chi connectivity index (χ4v) is 3.58. The lowest BCUT2D eigenvalue weighted by Crippen LogP contribution is -2.19. The number of amides is 1. The van der Waals surface area contributed by atoms with Gasteiger partial charge in [-0.1, -0.05) is 60.3 Å². The van der Waals surface area contributed by atoms with E-state index in [4.69, 9.17) is 5.73 Å². The Hall–Kier alpha value is -2.60. The second kappa shape index (κ2) is 6.88. The predicted molar refractivity (Wildman–Crippen MR) is 95.1 cm³/mol. The van der Waals surface area contributed by atoms with E-state index in [0.717, 1.165) is 22.6 Å². The highest BCUT2D eigenvalue weighted by Gasteiger charge is 2.23. The van der Waals surface area contributed by atoms with Crippen molar-refractivity contribution in [2.45, 2.75) is 24.3 Å². The average molecular weight is 338 g/mol. The molecule has 2 aromatic carbocycles. The maximum absolute atomic E-state index is 12.0. The van der Waals surface area contributed by atoms with Gasteiger partial charge in [0.25, 0.3) is 0 Å². The summed E-state index contributed by atoms with van der Waals surface area (Å²) in [5.74, 6) is 0.367.